The molecule has 94 valence electrons. The molecule has 0 unspecified atom stereocenters. The lowest BCUT2D eigenvalue weighted by molar-refractivity contribution is 0.236. The Hall–Kier alpha value is -1.59. The van der Waals surface area contributed by atoms with Crippen LogP contribution in [0.5, 0.6) is 0 Å². The van der Waals surface area contributed by atoms with Crippen molar-refractivity contribution in [2.45, 2.75) is 51.7 Å². The molecule has 0 bridgehead atoms. The number of hydrogen-bond acceptors (Lipinski definition) is 3. The Morgan fingerprint density at radius 2 is 2.29 bits per heavy atom. The number of carbonyl (C=O) groups excluding carboxylic acids is 1. The molecule has 1 aliphatic rings. The normalized spacial score (nSPS) is 16.1. The molecular formula is C11H19N5O. The lowest BCUT2D eigenvalue weighted by Crippen LogP contribution is -2.40. The number of nitrogens with one attached hydrogen (secondary N) is 2. The fourth-order valence-electron chi connectivity index (χ4n) is 2.15. The first kappa shape index (κ1) is 11.9. The van der Waals surface area contributed by atoms with Crippen molar-refractivity contribution in [1.29, 1.82) is 0 Å². The minimum absolute atomic E-state index is 0.109. The van der Waals surface area contributed by atoms with E-state index in [2.05, 4.69) is 20.8 Å². The topological polar surface area (TPSA) is 71.8 Å². The molecule has 0 radical (unpaired) electrons. The fraction of sp³-hybridized carbons (Fsp3) is 0.727. The molecule has 0 saturated heterocycles. The van der Waals surface area contributed by atoms with Gasteiger partial charge in [0.05, 0.1) is 6.54 Å². The molecule has 1 fully saturated rings. The quantitative estimate of drug-likeness (QED) is 0.822. The van der Waals surface area contributed by atoms with Gasteiger partial charge in [0.15, 0.2) is 5.82 Å². The highest BCUT2D eigenvalue weighted by Crippen LogP contribution is 2.17. The molecule has 6 heteroatoms. The van der Waals surface area contributed by atoms with Crippen molar-refractivity contribution in [1.82, 2.24) is 25.4 Å². The molecule has 1 heterocycles. The van der Waals surface area contributed by atoms with Crippen LogP contribution in [-0.4, -0.2) is 26.8 Å². The molecule has 6 nitrogen and oxygen atoms in total. The maximum Gasteiger partial charge on any atom is 0.315 e. The largest absolute Gasteiger partial charge is 0.335 e. The molecule has 2 N–H and O–H groups in total. The van der Waals surface area contributed by atoms with E-state index in [0.29, 0.717) is 12.6 Å². The van der Waals surface area contributed by atoms with E-state index in [1.54, 1.807) is 6.33 Å². The van der Waals surface area contributed by atoms with Crippen molar-refractivity contribution in [3.05, 3.63) is 12.2 Å². The predicted octanol–water partition coefficient (Wildman–Crippen LogP) is 1.04. The first-order chi connectivity index (χ1) is 8.29. The van der Waals surface area contributed by atoms with Crippen molar-refractivity contribution in [3.63, 3.8) is 0 Å². The number of rotatable bonds is 4. The average Bonchev–Trinajstić information content (AvgIpc) is 2.96. The second kappa shape index (κ2) is 5.65. The third kappa shape index (κ3) is 3.18. The summed E-state index contributed by atoms with van der Waals surface area (Å²) in [6, 6.07) is 0.238. The molecule has 0 spiro atoms. The van der Waals surface area contributed by atoms with Gasteiger partial charge < -0.3 is 15.2 Å². The van der Waals surface area contributed by atoms with Crippen LogP contribution < -0.4 is 10.6 Å². The molecule has 1 aromatic heterocycles. The summed E-state index contributed by atoms with van der Waals surface area (Å²) >= 11 is 0. The zero-order chi connectivity index (χ0) is 12.1. The summed E-state index contributed by atoms with van der Waals surface area (Å²) in [5.41, 5.74) is 0. The van der Waals surface area contributed by atoms with E-state index in [0.717, 1.165) is 25.2 Å². The molecule has 0 aliphatic heterocycles. The maximum absolute atomic E-state index is 11.6. The van der Waals surface area contributed by atoms with Crippen LogP contribution in [0, 0.1) is 0 Å². The van der Waals surface area contributed by atoms with Gasteiger partial charge in [-0.05, 0) is 19.8 Å². The van der Waals surface area contributed by atoms with Crippen LogP contribution >= 0.6 is 0 Å². The van der Waals surface area contributed by atoms with Gasteiger partial charge in [-0.3, -0.25) is 0 Å². The Kier molecular flexibility index (Phi) is 3.95. The maximum atomic E-state index is 11.6. The van der Waals surface area contributed by atoms with Crippen LogP contribution in [0.4, 0.5) is 4.79 Å². The van der Waals surface area contributed by atoms with Gasteiger partial charge in [-0.15, -0.1) is 10.2 Å². The standard InChI is InChI=1S/C11H19N5O/c1-2-16-8-13-15-10(16)7-12-11(17)14-9-5-3-4-6-9/h8-9H,2-7H2,1H3,(H2,12,14,17). The smallest absolute Gasteiger partial charge is 0.315 e. The second-order valence-electron chi connectivity index (χ2n) is 4.34. The van der Waals surface area contributed by atoms with Crippen LogP contribution in [0.3, 0.4) is 0 Å². The summed E-state index contributed by atoms with van der Waals surface area (Å²) in [5, 5.41) is 13.6. The van der Waals surface area contributed by atoms with Crippen LogP contribution in [0.2, 0.25) is 0 Å². The van der Waals surface area contributed by atoms with Gasteiger partial charge in [0.1, 0.15) is 6.33 Å². The van der Waals surface area contributed by atoms with E-state index < -0.39 is 0 Å². The summed E-state index contributed by atoms with van der Waals surface area (Å²) in [6.45, 7) is 3.26. The molecule has 17 heavy (non-hydrogen) atoms. The predicted molar refractivity (Wildman–Crippen MR) is 63.3 cm³/mol. The molecule has 1 saturated carbocycles. The highest BCUT2D eigenvalue weighted by atomic mass is 16.2. The Balaban J connectivity index is 1.75. The fourth-order valence-corrected chi connectivity index (χ4v) is 2.15. The Morgan fingerprint density at radius 1 is 1.53 bits per heavy atom. The number of nitrogens with zero attached hydrogens (tertiary/aromatic N) is 3. The molecule has 2 rings (SSSR count). The molecular weight excluding hydrogens is 218 g/mol. The lowest BCUT2D eigenvalue weighted by atomic mass is 10.2. The number of hydrogen-bond donors (Lipinski definition) is 2. The molecule has 1 aromatic rings. The van der Waals surface area contributed by atoms with Gasteiger partial charge in [0.2, 0.25) is 0 Å². The number of urea groups is 1. The number of aryl methyl sites for hydroxylation is 1. The SMILES string of the molecule is CCn1cnnc1CNC(=O)NC1CCCC1. The third-order valence-corrected chi connectivity index (χ3v) is 3.13. The van der Waals surface area contributed by atoms with Gasteiger partial charge in [0, 0.05) is 12.6 Å². The first-order valence-electron chi connectivity index (χ1n) is 6.20. The van der Waals surface area contributed by atoms with E-state index in [1.165, 1.54) is 12.8 Å². The van der Waals surface area contributed by atoms with Crippen molar-refractivity contribution < 1.29 is 4.79 Å². The molecule has 0 atom stereocenters. The van der Waals surface area contributed by atoms with Crippen LogP contribution in [0.1, 0.15) is 38.4 Å². The number of carbonyl (C=O) groups is 1. The molecule has 2 amide bonds. The van der Waals surface area contributed by atoms with Crippen molar-refractivity contribution in [2.75, 3.05) is 0 Å². The second-order valence-corrected chi connectivity index (χ2v) is 4.34. The van der Waals surface area contributed by atoms with E-state index in [9.17, 15) is 4.79 Å². The number of aromatic nitrogens is 3. The summed E-state index contributed by atoms with van der Waals surface area (Å²) in [7, 11) is 0. The summed E-state index contributed by atoms with van der Waals surface area (Å²) in [6.07, 6.45) is 6.30. The van der Waals surface area contributed by atoms with Gasteiger partial charge in [-0.1, -0.05) is 12.8 Å². The average molecular weight is 237 g/mol. The molecule has 1 aliphatic carbocycles. The highest BCUT2D eigenvalue weighted by molar-refractivity contribution is 5.74. The van der Waals surface area contributed by atoms with E-state index in [-0.39, 0.29) is 6.03 Å². The minimum Gasteiger partial charge on any atom is -0.335 e. The van der Waals surface area contributed by atoms with Crippen molar-refractivity contribution >= 4 is 6.03 Å². The van der Waals surface area contributed by atoms with E-state index >= 15 is 0 Å². The van der Waals surface area contributed by atoms with Crippen molar-refractivity contribution in [3.8, 4) is 0 Å². The van der Waals surface area contributed by atoms with E-state index in [4.69, 9.17) is 0 Å². The third-order valence-electron chi connectivity index (χ3n) is 3.13. The molecule has 0 aromatic carbocycles. The van der Waals surface area contributed by atoms with Gasteiger partial charge >= 0.3 is 6.03 Å². The van der Waals surface area contributed by atoms with Gasteiger partial charge in [-0.25, -0.2) is 4.79 Å². The van der Waals surface area contributed by atoms with Crippen molar-refractivity contribution in [2.24, 2.45) is 0 Å². The lowest BCUT2D eigenvalue weighted by Gasteiger charge is -2.12. The monoisotopic (exact) mass is 237 g/mol. The van der Waals surface area contributed by atoms with Crippen LogP contribution in [-0.2, 0) is 13.1 Å². The highest BCUT2D eigenvalue weighted by Gasteiger charge is 2.16. The zero-order valence-corrected chi connectivity index (χ0v) is 10.1. The van der Waals surface area contributed by atoms with Gasteiger partial charge in [-0.2, -0.15) is 0 Å². The summed E-state index contributed by atoms with van der Waals surface area (Å²) < 4.78 is 1.91. The zero-order valence-electron chi connectivity index (χ0n) is 10.1. The van der Waals surface area contributed by atoms with E-state index in [1.807, 2.05) is 11.5 Å². The Morgan fingerprint density at radius 3 is 3.00 bits per heavy atom. The summed E-state index contributed by atoms with van der Waals surface area (Å²) in [4.78, 5) is 11.6. The van der Waals surface area contributed by atoms with Crippen LogP contribution in [0.25, 0.3) is 0 Å². The Bertz CT molecular complexity index is 370. The van der Waals surface area contributed by atoms with Crippen LogP contribution in [0.15, 0.2) is 6.33 Å². The number of amides is 2. The minimum atomic E-state index is -0.109. The van der Waals surface area contributed by atoms with Gasteiger partial charge in [0.25, 0.3) is 0 Å². The first-order valence-corrected chi connectivity index (χ1v) is 6.20. The summed E-state index contributed by atoms with van der Waals surface area (Å²) in [5.74, 6) is 0.786. The Labute approximate surface area is 101 Å².